The van der Waals surface area contributed by atoms with Crippen LogP contribution in [-0.2, 0) is 32.0 Å². The van der Waals surface area contributed by atoms with Crippen LogP contribution in [0.4, 0.5) is 34.1 Å². The molecule has 0 bridgehead atoms. The van der Waals surface area contributed by atoms with Crippen LogP contribution in [0, 0.1) is 0 Å². The molecule has 2 unspecified atom stereocenters. The quantitative estimate of drug-likeness (QED) is 0.0382. The molecule has 5 aromatic carbocycles. The number of nitrogens with one attached hydrogen (secondary N) is 4. The summed E-state index contributed by atoms with van der Waals surface area (Å²) < 4.78 is 0. The van der Waals surface area contributed by atoms with Crippen LogP contribution in [0.15, 0.2) is 118 Å². The van der Waals surface area contributed by atoms with E-state index < -0.39 is 47.3 Å². The second-order valence-electron chi connectivity index (χ2n) is 13.7. The number of azo groups is 2. The Morgan fingerprint density at radius 2 is 0.844 bits per heavy atom. The van der Waals surface area contributed by atoms with Gasteiger partial charge >= 0.3 is 0 Å². The van der Waals surface area contributed by atoms with E-state index in [0.717, 1.165) is 25.0 Å². The molecule has 64 heavy (non-hydrogen) atoms. The third kappa shape index (κ3) is 12.9. The number of hydrogen-bond acceptors (Lipinski definition) is 10. The van der Waals surface area contributed by atoms with Gasteiger partial charge in [0.1, 0.15) is 11.4 Å². The fourth-order valence-electron chi connectivity index (χ4n) is 5.69. The summed E-state index contributed by atoms with van der Waals surface area (Å²) in [6.45, 7) is 2.24. The molecule has 0 aromatic heterocycles. The van der Waals surface area contributed by atoms with Gasteiger partial charge in [-0.25, -0.2) is 0 Å². The first kappa shape index (κ1) is 49.3. The summed E-state index contributed by atoms with van der Waals surface area (Å²) in [6, 6.07) is 22.3. The van der Waals surface area contributed by atoms with E-state index in [4.69, 9.17) is 69.6 Å². The largest absolute Gasteiger partial charge is 0.322 e. The lowest BCUT2D eigenvalue weighted by Crippen LogP contribution is -2.32. The highest BCUT2D eigenvalue weighted by Gasteiger charge is 2.28. The Kier molecular flexibility index (Phi) is 17.9. The lowest BCUT2D eigenvalue weighted by atomic mass is 10.1. The Bertz CT molecular complexity index is 2470. The van der Waals surface area contributed by atoms with E-state index in [1.54, 1.807) is 24.3 Å². The van der Waals surface area contributed by atoms with Crippen molar-refractivity contribution < 1.29 is 28.8 Å². The van der Waals surface area contributed by atoms with Gasteiger partial charge in [0, 0.05) is 23.1 Å². The van der Waals surface area contributed by atoms with Crippen LogP contribution >= 0.6 is 69.6 Å². The van der Waals surface area contributed by atoms with Crippen molar-refractivity contribution in [1.29, 1.82) is 0 Å². The van der Waals surface area contributed by atoms with Gasteiger partial charge < -0.3 is 21.3 Å². The molecule has 4 amide bonds. The van der Waals surface area contributed by atoms with Gasteiger partial charge in [-0.2, -0.15) is 20.5 Å². The first-order chi connectivity index (χ1) is 30.6. The first-order valence-corrected chi connectivity index (χ1v) is 21.6. The topological polar surface area (TPSA) is 200 Å². The van der Waals surface area contributed by atoms with E-state index in [-0.39, 0.29) is 54.0 Å². The molecule has 0 heterocycles. The zero-order valence-corrected chi connectivity index (χ0v) is 38.3. The summed E-state index contributed by atoms with van der Waals surface area (Å²) in [5, 5.41) is 25.6. The van der Waals surface area contributed by atoms with Crippen molar-refractivity contribution in [2.45, 2.75) is 38.8 Å². The number of rotatable bonds is 18. The lowest BCUT2D eigenvalue weighted by Gasteiger charge is -2.15. The number of benzene rings is 5. The van der Waals surface area contributed by atoms with Crippen LogP contribution < -0.4 is 21.3 Å². The third-order valence-corrected chi connectivity index (χ3v) is 11.1. The van der Waals surface area contributed by atoms with E-state index in [1.807, 2.05) is 24.3 Å². The standard InChI is InChI=1S/C44H36Cl6N8O6/c1-23(59)39(57-55-33-7-3-5-29(35(33)47)41(61)51-27-13-9-25(10-14-27)19-21-45)43(63)53-31-17-18-32(38(50)37(31)49)54-44(64)40(24(2)60)58-56-34-8-4-6-30(36(34)48)42(62)52-28-15-11-26(12-16-28)20-22-46/h3-18,39-40H,19-22H2,1-2H3,(H,51,61)(H,52,62)(H,53,63)(H,54,64). The molecular weight excluding hydrogens is 949 g/mol. The van der Waals surface area contributed by atoms with Gasteiger partial charge in [-0.05, 0) is 98.5 Å². The van der Waals surface area contributed by atoms with Crippen LogP contribution in [0.2, 0.25) is 20.1 Å². The van der Waals surface area contributed by atoms with Crippen LogP contribution in [0.25, 0.3) is 0 Å². The van der Waals surface area contributed by atoms with Crippen molar-refractivity contribution in [1.82, 2.24) is 0 Å². The van der Waals surface area contributed by atoms with Gasteiger partial charge in [0.2, 0.25) is 12.1 Å². The molecule has 0 spiro atoms. The predicted molar refractivity (Wildman–Crippen MR) is 252 cm³/mol. The predicted octanol–water partition coefficient (Wildman–Crippen LogP) is 11.7. The van der Waals surface area contributed by atoms with Gasteiger partial charge in [0.25, 0.3) is 23.6 Å². The Labute approximate surface area is 397 Å². The normalized spacial score (nSPS) is 12.1. The maximum atomic E-state index is 13.3. The van der Waals surface area contributed by atoms with E-state index in [0.29, 0.717) is 36.0 Å². The Hall–Kier alpha value is -5.74. The Morgan fingerprint density at radius 3 is 1.17 bits per heavy atom. The SMILES string of the molecule is CC(=O)C(N=Nc1cccc(C(=O)Nc2ccc(CCCl)cc2)c1Cl)C(=O)Nc1ccc(NC(=O)C(N=Nc2cccc(C(=O)Nc3ccc(CCCl)cc3)c2Cl)C(C)=O)c(Cl)c1Cl. The summed E-state index contributed by atoms with van der Waals surface area (Å²) in [4.78, 5) is 77.9. The number of carbonyl (C=O) groups is 6. The van der Waals surface area contributed by atoms with Crippen molar-refractivity contribution in [3.8, 4) is 0 Å². The Morgan fingerprint density at radius 1 is 0.484 bits per heavy atom. The summed E-state index contributed by atoms with van der Waals surface area (Å²) in [5.74, 6) is -3.42. The highest BCUT2D eigenvalue weighted by molar-refractivity contribution is 6.46. The van der Waals surface area contributed by atoms with Gasteiger partial charge in [0.05, 0.1) is 42.6 Å². The number of Topliss-reactive ketones (excluding diaryl/α,β-unsaturated/α-hetero) is 2. The number of ketones is 2. The summed E-state index contributed by atoms with van der Waals surface area (Å²) in [7, 11) is 0. The minimum atomic E-state index is -1.68. The number of halogens is 6. The van der Waals surface area contributed by atoms with E-state index in [2.05, 4.69) is 41.7 Å². The molecule has 0 fully saturated rings. The Balaban J connectivity index is 1.24. The van der Waals surface area contributed by atoms with Crippen molar-refractivity contribution in [3.63, 3.8) is 0 Å². The summed E-state index contributed by atoms with van der Waals surface area (Å²) in [5.41, 5.74) is 3.07. The maximum absolute atomic E-state index is 13.3. The molecule has 0 radical (unpaired) electrons. The molecule has 0 aliphatic heterocycles. The van der Waals surface area contributed by atoms with Crippen molar-refractivity contribution >= 4 is 139 Å². The second-order valence-corrected chi connectivity index (χ2v) is 15.9. The van der Waals surface area contributed by atoms with E-state index in [1.165, 1.54) is 48.5 Å². The van der Waals surface area contributed by atoms with Crippen LogP contribution in [0.3, 0.4) is 0 Å². The molecule has 0 saturated heterocycles. The number of hydrogen-bond donors (Lipinski definition) is 4. The van der Waals surface area contributed by atoms with Gasteiger partial charge in [-0.1, -0.05) is 82.8 Å². The molecule has 14 nitrogen and oxygen atoms in total. The lowest BCUT2D eigenvalue weighted by molar-refractivity contribution is -0.127. The molecular formula is C44H36Cl6N8O6. The molecule has 5 rings (SSSR count). The number of alkyl halides is 2. The van der Waals surface area contributed by atoms with Gasteiger partial charge in [-0.15, -0.1) is 23.2 Å². The average Bonchev–Trinajstić information content (AvgIpc) is 3.26. The van der Waals surface area contributed by atoms with Crippen molar-refractivity contribution in [2.24, 2.45) is 20.5 Å². The zero-order valence-electron chi connectivity index (χ0n) is 33.7. The van der Waals surface area contributed by atoms with Crippen molar-refractivity contribution in [3.05, 3.63) is 139 Å². The molecule has 2 atom stereocenters. The molecule has 0 saturated carbocycles. The van der Waals surface area contributed by atoms with E-state index in [9.17, 15) is 28.8 Å². The minimum Gasteiger partial charge on any atom is -0.322 e. The fourth-order valence-corrected chi connectivity index (χ4v) is 7.05. The number of anilines is 4. The monoisotopic (exact) mass is 982 g/mol. The van der Waals surface area contributed by atoms with Crippen LogP contribution in [0.5, 0.6) is 0 Å². The number of aryl methyl sites for hydroxylation is 2. The number of nitrogens with zero attached hydrogens (tertiary/aromatic N) is 4. The highest BCUT2D eigenvalue weighted by atomic mass is 35.5. The minimum absolute atomic E-state index is 0.0100. The smallest absolute Gasteiger partial charge is 0.258 e. The molecule has 20 heteroatoms. The summed E-state index contributed by atoms with van der Waals surface area (Å²) >= 11 is 37.6. The average molecular weight is 986 g/mol. The second kappa shape index (κ2) is 23.3. The number of carbonyl (C=O) groups excluding carboxylic acids is 6. The highest BCUT2D eigenvalue weighted by Crippen LogP contribution is 2.37. The number of amides is 4. The third-order valence-electron chi connectivity index (χ3n) is 9.06. The molecule has 330 valence electrons. The maximum Gasteiger partial charge on any atom is 0.258 e. The summed E-state index contributed by atoms with van der Waals surface area (Å²) in [6.07, 6.45) is 1.35. The molecule has 4 N–H and O–H groups in total. The van der Waals surface area contributed by atoms with Gasteiger partial charge in [-0.3, -0.25) is 28.8 Å². The fraction of sp³-hybridized carbons (Fsp3) is 0.182. The molecule has 5 aromatic rings. The van der Waals surface area contributed by atoms with Gasteiger partial charge in [0.15, 0.2) is 11.6 Å². The van der Waals surface area contributed by atoms with Crippen molar-refractivity contribution in [2.75, 3.05) is 33.0 Å². The molecule has 0 aliphatic rings. The first-order valence-electron chi connectivity index (χ1n) is 19.0. The van der Waals surface area contributed by atoms with Crippen LogP contribution in [-0.4, -0.2) is 59.0 Å². The van der Waals surface area contributed by atoms with E-state index >= 15 is 0 Å². The van der Waals surface area contributed by atoms with Crippen LogP contribution in [0.1, 0.15) is 45.7 Å². The molecule has 0 aliphatic carbocycles. The zero-order chi connectivity index (χ0) is 46.5.